The van der Waals surface area contributed by atoms with E-state index in [1.54, 1.807) is 31.4 Å². The van der Waals surface area contributed by atoms with E-state index in [1.165, 1.54) is 24.3 Å². The molecule has 0 unspecified atom stereocenters. The fourth-order valence-electron chi connectivity index (χ4n) is 2.18. The number of aromatic nitrogens is 2. The summed E-state index contributed by atoms with van der Waals surface area (Å²) < 4.78 is 39.2. The number of alkyl halides is 2. The van der Waals surface area contributed by atoms with Crippen molar-refractivity contribution in [3.8, 4) is 23.0 Å². The molecule has 3 rings (SSSR count). The summed E-state index contributed by atoms with van der Waals surface area (Å²) in [4.78, 5) is 12.0. The van der Waals surface area contributed by atoms with Gasteiger partial charge in [-0.25, -0.2) is 0 Å². The van der Waals surface area contributed by atoms with E-state index in [-0.39, 0.29) is 22.6 Å². The van der Waals surface area contributed by atoms with Crippen LogP contribution < -0.4 is 14.8 Å². The van der Waals surface area contributed by atoms with E-state index in [0.29, 0.717) is 22.9 Å². The Bertz CT molecular complexity index is 935. The Balaban J connectivity index is 1.53. The molecule has 2 aromatic carbocycles. The Morgan fingerprint density at radius 1 is 1.18 bits per heavy atom. The van der Waals surface area contributed by atoms with Crippen molar-refractivity contribution >= 4 is 23.4 Å². The monoisotopic (exact) mass is 407 g/mol. The number of carbonyl (C=O) groups excluding carboxylic acids is 1. The van der Waals surface area contributed by atoms with Crippen LogP contribution in [0, 0.1) is 0 Å². The van der Waals surface area contributed by atoms with Gasteiger partial charge in [0.15, 0.2) is 0 Å². The van der Waals surface area contributed by atoms with Crippen molar-refractivity contribution in [1.29, 1.82) is 0 Å². The number of benzene rings is 2. The van der Waals surface area contributed by atoms with Crippen LogP contribution in [0.15, 0.2) is 58.2 Å². The zero-order valence-corrected chi connectivity index (χ0v) is 15.4. The third kappa shape index (κ3) is 5.43. The van der Waals surface area contributed by atoms with Crippen LogP contribution >= 0.6 is 11.8 Å². The maximum atomic E-state index is 12.1. The van der Waals surface area contributed by atoms with Gasteiger partial charge in [-0.1, -0.05) is 17.8 Å². The summed E-state index contributed by atoms with van der Waals surface area (Å²) in [6.45, 7) is -2.90. The number of amides is 1. The van der Waals surface area contributed by atoms with Crippen LogP contribution in [0.2, 0.25) is 0 Å². The highest BCUT2D eigenvalue weighted by Crippen LogP contribution is 2.26. The van der Waals surface area contributed by atoms with E-state index in [4.69, 9.17) is 9.15 Å². The Labute approximate surface area is 163 Å². The van der Waals surface area contributed by atoms with Crippen molar-refractivity contribution in [2.75, 3.05) is 18.2 Å². The van der Waals surface area contributed by atoms with Crippen molar-refractivity contribution < 1.29 is 27.5 Å². The summed E-state index contributed by atoms with van der Waals surface area (Å²) in [5.74, 6) is 0.715. The summed E-state index contributed by atoms with van der Waals surface area (Å²) in [5.41, 5.74) is 1.16. The first-order chi connectivity index (χ1) is 13.5. The van der Waals surface area contributed by atoms with Gasteiger partial charge in [-0.2, -0.15) is 8.78 Å². The lowest BCUT2D eigenvalue weighted by Gasteiger charge is -2.07. The Morgan fingerprint density at radius 3 is 2.68 bits per heavy atom. The lowest BCUT2D eigenvalue weighted by molar-refractivity contribution is -0.113. The molecular weight excluding hydrogens is 392 g/mol. The molecule has 0 aliphatic heterocycles. The third-order valence-electron chi connectivity index (χ3n) is 3.41. The van der Waals surface area contributed by atoms with Gasteiger partial charge in [0.1, 0.15) is 11.5 Å². The van der Waals surface area contributed by atoms with Crippen LogP contribution in [-0.2, 0) is 4.79 Å². The largest absolute Gasteiger partial charge is 0.497 e. The second-order valence-electron chi connectivity index (χ2n) is 5.34. The van der Waals surface area contributed by atoms with Crippen LogP contribution in [0.3, 0.4) is 0 Å². The van der Waals surface area contributed by atoms with Crippen molar-refractivity contribution in [1.82, 2.24) is 10.2 Å². The normalized spacial score (nSPS) is 10.7. The highest BCUT2D eigenvalue weighted by Gasteiger charge is 2.12. The van der Waals surface area contributed by atoms with Crippen molar-refractivity contribution in [2.45, 2.75) is 11.8 Å². The first kappa shape index (κ1) is 19.6. The topological polar surface area (TPSA) is 86.5 Å². The van der Waals surface area contributed by atoms with Gasteiger partial charge in [-0.05, 0) is 42.5 Å². The average molecular weight is 407 g/mol. The number of hydrogen-bond acceptors (Lipinski definition) is 7. The van der Waals surface area contributed by atoms with E-state index in [1.807, 2.05) is 0 Å². The Morgan fingerprint density at radius 2 is 1.96 bits per heavy atom. The minimum absolute atomic E-state index is 0.0123. The molecule has 0 aliphatic carbocycles. The predicted molar refractivity (Wildman–Crippen MR) is 98.7 cm³/mol. The van der Waals surface area contributed by atoms with Crippen LogP contribution in [0.25, 0.3) is 11.5 Å². The molecule has 7 nitrogen and oxygen atoms in total. The van der Waals surface area contributed by atoms with Crippen molar-refractivity contribution in [3.63, 3.8) is 0 Å². The number of carbonyl (C=O) groups is 1. The van der Waals surface area contributed by atoms with Gasteiger partial charge in [0.25, 0.3) is 5.22 Å². The molecule has 0 atom stereocenters. The number of ether oxygens (including phenoxy) is 2. The minimum atomic E-state index is -2.90. The van der Waals surface area contributed by atoms with E-state index < -0.39 is 6.61 Å². The summed E-state index contributed by atoms with van der Waals surface area (Å²) in [5, 5.41) is 10.7. The smallest absolute Gasteiger partial charge is 0.387 e. The molecule has 3 aromatic rings. The van der Waals surface area contributed by atoms with Crippen molar-refractivity contribution in [2.24, 2.45) is 0 Å². The fourth-order valence-corrected chi connectivity index (χ4v) is 2.75. The van der Waals surface area contributed by atoms with Crippen LogP contribution in [-0.4, -0.2) is 35.6 Å². The maximum Gasteiger partial charge on any atom is 0.387 e. The Kier molecular flexibility index (Phi) is 6.43. The third-order valence-corrected chi connectivity index (χ3v) is 4.23. The molecule has 1 heterocycles. The molecule has 10 heteroatoms. The zero-order chi connectivity index (χ0) is 19.9. The molecule has 1 N–H and O–H groups in total. The standard InChI is InChI=1S/C18H15F2N3O4S/c1-25-14-4-2-3-11(9-14)16-22-23-18(27-16)28-10-15(24)21-12-5-7-13(8-6-12)26-17(19)20/h2-9,17H,10H2,1H3,(H,21,24). The molecule has 0 bridgehead atoms. The van der Waals surface area contributed by atoms with Crippen LogP contribution in [0.5, 0.6) is 11.5 Å². The lowest BCUT2D eigenvalue weighted by Crippen LogP contribution is -2.14. The van der Waals surface area contributed by atoms with Gasteiger partial charge in [-0.3, -0.25) is 4.79 Å². The van der Waals surface area contributed by atoms with Gasteiger partial charge < -0.3 is 19.2 Å². The molecule has 0 spiro atoms. The number of anilines is 1. The van der Waals surface area contributed by atoms with Crippen molar-refractivity contribution in [3.05, 3.63) is 48.5 Å². The molecule has 0 saturated heterocycles. The van der Waals surface area contributed by atoms with Gasteiger partial charge in [-0.15, -0.1) is 10.2 Å². The van der Waals surface area contributed by atoms with Gasteiger partial charge in [0.2, 0.25) is 11.8 Å². The second-order valence-corrected chi connectivity index (χ2v) is 6.27. The molecule has 0 radical (unpaired) electrons. The number of halogens is 2. The van der Waals surface area contributed by atoms with E-state index >= 15 is 0 Å². The number of nitrogens with one attached hydrogen (secondary N) is 1. The fraction of sp³-hybridized carbons (Fsp3) is 0.167. The molecule has 0 aliphatic rings. The number of rotatable bonds is 8. The van der Waals surface area contributed by atoms with Gasteiger partial charge in [0, 0.05) is 11.3 Å². The van der Waals surface area contributed by atoms with Gasteiger partial charge >= 0.3 is 6.61 Å². The molecular formula is C18H15F2N3O4S. The van der Waals surface area contributed by atoms with E-state index in [9.17, 15) is 13.6 Å². The maximum absolute atomic E-state index is 12.1. The summed E-state index contributed by atoms with van der Waals surface area (Å²) >= 11 is 1.08. The quantitative estimate of drug-likeness (QED) is 0.563. The summed E-state index contributed by atoms with van der Waals surface area (Å²) in [6, 6.07) is 12.8. The molecule has 146 valence electrons. The predicted octanol–water partition coefficient (Wildman–Crippen LogP) is 4.08. The number of nitrogens with zero attached hydrogens (tertiary/aromatic N) is 2. The highest BCUT2D eigenvalue weighted by atomic mass is 32.2. The van der Waals surface area contributed by atoms with Crippen LogP contribution in [0.1, 0.15) is 0 Å². The summed E-state index contributed by atoms with van der Waals surface area (Å²) in [6.07, 6.45) is 0. The summed E-state index contributed by atoms with van der Waals surface area (Å²) in [7, 11) is 1.56. The second kappa shape index (κ2) is 9.18. The SMILES string of the molecule is COc1cccc(-c2nnc(SCC(=O)Nc3ccc(OC(F)F)cc3)o2)c1. The molecule has 28 heavy (non-hydrogen) atoms. The first-order valence-corrected chi connectivity index (χ1v) is 8.97. The highest BCUT2D eigenvalue weighted by molar-refractivity contribution is 7.99. The lowest BCUT2D eigenvalue weighted by atomic mass is 10.2. The van der Waals surface area contributed by atoms with E-state index in [0.717, 1.165) is 11.8 Å². The molecule has 0 saturated carbocycles. The number of hydrogen-bond donors (Lipinski definition) is 1. The number of thioether (sulfide) groups is 1. The zero-order valence-electron chi connectivity index (χ0n) is 14.6. The molecule has 1 aromatic heterocycles. The van der Waals surface area contributed by atoms with Gasteiger partial charge in [0.05, 0.1) is 12.9 Å². The number of methoxy groups -OCH3 is 1. The van der Waals surface area contributed by atoms with Crippen LogP contribution in [0.4, 0.5) is 14.5 Å². The Hall–Kier alpha value is -3.14. The van der Waals surface area contributed by atoms with E-state index in [2.05, 4.69) is 20.3 Å². The average Bonchev–Trinajstić information content (AvgIpc) is 3.17. The molecule has 0 fully saturated rings. The minimum Gasteiger partial charge on any atom is -0.497 e. The molecule has 1 amide bonds. The first-order valence-electron chi connectivity index (χ1n) is 7.99.